The van der Waals surface area contributed by atoms with Gasteiger partial charge in [0.2, 0.25) is 0 Å². The zero-order valence-corrected chi connectivity index (χ0v) is 12.9. The lowest BCUT2D eigenvalue weighted by Gasteiger charge is -2.20. The van der Waals surface area contributed by atoms with Gasteiger partial charge < -0.3 is 10.6 Å². The normalized spacial score (nSPS) is 14.2. The van der Waals surface area contributed by atoms with Crippen LogP contribution >= 0.6 is 11.3 Å². The molecule has 0 aliphatic carbocycles. The summed E-state index contributed by atoms with van der Waals surface area (Å²) >= 11 is 1.87. The van der Waals surface area contributed by atoms with Gasteiger partial charge in [0.15, 0.2) is 0 Å². The maximum atomic E-state index is 3.62. The smallest absolute Gasteiger partial charge is 0.0305 e. The van der Waals surface area contributed by atoms with E-state index < -0.39 is 0 Å². The van der Waals surface area contributed by atoms with Gasteiger partial charge in [-0.15, -0.1) is 11.3 Å². The molecule has 20 heavy (non-hydrogen) atoms. The van der Waals surface area contributed by atoms with E-state index in [2.05, 4.69) is 47.2 Å². The number of rotatable bonds is 5. The molecule has 1 aromatic heterocycles. The molecular weight excluding hydrogens is 264 g/mol. The Morgan fingerprint density at radius 1 is 1.20 bits per heavy atom. The van der Waals surface area contributed by atoms with E-state index in [1.807, 2.05) is 11.3 Å². The molecule has 0 atom stereocenters. The fourth-order valence-corrected chi connectivity index (χ4v) is 3.87. The third-order valence-corrected chi connectivity index (χ3v) is 5.02. The number of thiophene rings is 1. The first-order valence-corrected chi connectivity index (χ1v) is 8.32. The topological polar surface area (TPSA) is 24.1 Å². The van der Waals surface area contributed by atoms with Gasteiger partial charge in [0, 0.05) is 24.5 Å². The fraction of sp³-hybridized carbons (Fsp3) is 0.412. The average molecular weight is 286 g/mol. The van der Waals surface area contributed by atoms with Gasteiger partial charge in [-0.2, -0.15) is 0 Å². The van der Waals surface area contributed by atoms with Crippen molar-refractivity contribution in [3.05, 3.63) is 56.8 Å². The zero-order valence-electron chi connectivity index (χ0n) is 12.0. The molecule has 0 amide bonds. The van der Waals surface area contributed by atoms with E-state index in [1.165, 1.54) is 21.6 Å². The van der Waals surface area contributed by atoms with Gasteiger partial charge in [0.25, 0.3) is 0 Å². The minimum atomic E-state index is 0.976. The zero-order chi connectivity index (χ0) is 13.8. The summed E-state index contributed by atoms with van der Waals surface area (Å²) in [6.07, 6.45) is 2.29. The van der Waals surface area contributed by atoms with Gasteiger partial charge in [-0.05, 0) is 53.1 Å². The Morgan fingerprint density at radius 2 is 2.15 bits per heavy atom. The summed E-state index contributed by atoms with van der Waals surface area (Å²) in [5, 5.41) is 9.26. The largest absolute Gasteiger partial charge is 0.312 e. The van der Waals surface area contributed by atoms with Crippen LogP contribution in [0, 0.1) is 0 Å². The third-order valence-electron chi connectivity index (χ3n) is 4.06. The van der Waals surface area contributed by atoms with Gasteiger partial charge >= 0.3 is 0 Å². The summed E-state index contributed by atoms with van der Waals surface area (Å²) < 4.78 is 0. The quantitative estimate of drug-likeness (QED) is 0.881. The molecule has 0 unspecified atom stereocenters. The van der Waals surface area contributed by atoms with Crippen LogP contribution in [0.3, 0.4) is 0 Å². The molecule has 3 rings (SSSR count). The number of nitrogens with one attached hydrogen (secondary N) is 2. The summed E-state index contributed by atoms with van der Waals surface area (Å²) in [4.78, 5) is 1.49. The minimum Gasteiger partial charge on any atom is -0.312 e. The highest BCUT2D eigenvalue weighted by molar-refractivity contribution is 7.10. The van der Waals surface area contributed by atoms with Crippen LogP contribution < -0.4 is 10.6 Å². The third kappa shape index (κ3) is 2.95. The molecule has 3 heteroatoms. The fourth-order valence-electron chi connectivity index (χ4n) is 2.92. The number of hydrogen-bond donors (Lipinski definition) is 2. The predicted octanol–water partition coefficient (Wildman–Crippen LogP) is 3.25. The minimum absolute atomic E-state index is 0.976. The molecule has 0 saturated carbocycles. The van der Waals surface area contributed by atoms with Crippen molar-refractivity contribution in [2.45, 2.75) is 39.4 Å². The van der Waals surface area contributed by atoms with Crippen molar-refractivity contribution in [3.63, 3.8) is 0 Å². The van der Waals surface area contributed by atoms with Crippen LogP contribution in [-0.2, 0) is 32.5 Å². The highest BCUT2D eigenvalue weighted by Crippen LogP contribution is 2.20. The Kier molecular flexibility index (Phi) is 4.51. The second kappa shape index (κ2) is 6.53. The monoisotopic (exact) mass is 286 g/mol. The summed E-state index contributed by atoms with van der Waals surface area (Å²) in [6.45, 7) is 6.32. The van der Waals surface area contributed by atoms with Crippen LogP contribution in [0.25, 0.3) is 0 Å². The lowest BCUT2D eigenvalue weighted by Crippen LogP contribution is -2.25. The maximum Gasteiger partial charge on any atom is 0.0305 e. The molecule has 0 radical (unpaired) electrons. The lowest BCUT2D eigenvalue weighted by atomic mass is 9.95. The Hall–Kier alpha value is -1.16. The molecule has 2 heterocycles. The molecule has 1 aliphatic rings. The van der Waals surface area contributed by atoms with Gasteiger partial charge in [0.05, 0.1) is 0 Å². The van der Waals surface area contributed by atoms with Crippen molar-refractivity contribution in [1.82, 2.24) is 10.6 Å². The molecule has 0 saturated heterocycles. The van der Waals surface area contributed by atoms with E-state index >= 15 is 0 Å². The molecule has 0 spiro atoms. The first-order valence-electron chi connectivity index (χ1n) is 7.44. The van der Waals surface area contributed by atoms with E-state index in [0.717, 1.165) is 39.0 Å². The molecule has 0 bridgehead atoms. The lowest BCUT2D eigenvalue weighted by molar-refractivity contribution is 0.627. The van der Waals surface area contributed by atoms with Crippen molar-refractivity contribution in [2.24, 2.45) is 0 Å². The molecular formula is C17H22N2S. The predicted molar refractivity (Wildman–Crippen MR) is 86.1 cm³/mol. The molecule has 2 nitrogen and oxygen atoms in total. The van der Waals surface area contributed by atoms with Gasteiger partial charge in [-0.3, -0.25) is 0 Å². The van der Waals surface area contributed by atoms with Gasteiger partial charge in [0.1, 0.15) is 0 Å². The van der Waals surface area contributed by atoms with E-state index in [9.17, 15) is 0 Å². The standard InChI is InChI=1S/C17H22N2S/c1-2-13-7-9-20-17(13)12-19-11-15-5-3-4-14-10-18-8-6-16(14)15/h3-5,7,9,18-19H,2,6,8,10-12H2,1H3. The summed E-state index contributed by atoms with van der Waals surface area (Å²) in [5.41, 5.74) is 5.99. The first kappa shape index (κ1) is 13.8. The number of aryl methyl sites for hydroxylation is 1. The van der Waals surface area contributed by atoms with Crippen LogP contribution in [0.1, 0.15) is 34.1 Å². The van der Waals surface area contributed by atoms with Crippen LogP contribution in [0.2, 0.25) is 0 Å². The van der Waals surface area contributed by atoms with Crippen LogP contribution in [0.15, 0.2) is 29.6 Å². The van der Waals surface area contributed by atoms with Crippen LogP contribution in [0.5, 0.6) is 0 Å². The van der Waals surface area contributed by atoms with E-state index in [1.54, 1.807) is 5.56 Å². The molecule has 2 aromatic rings. The van der Waals surface area contributed by atoms with Crippen LogP contribution in [0.4, 0.5) is 0 Å². The Bertz CT molecular complexity index is 574. The van der Waals surface area contributed by atoms with Crippen molar-refractivity contribution in [1.29, 1.82) is 0 Å². The van der Waals surface area contributed by atoms with Crippen molar-refractivity contribution in [3.8, 4) is 0 Å². The number of benzene rings is 1. The molecule has 106 valence electrons. The summed E-state index contributed by atoms with van der Waals surface area (Å²) in [7, 11) is 0. The number of fused-ring (bicyclic) bond motifs is 1. The summed E-state index contributed by atoms with van der Waals surface area (Å²) in [5.74, 6) is 0. The second-order valence-corrected chi connectivity index (χ2v) is 6.31. The van der Waals surface area contributed by atoms with Crippen molar-refractivity contribution >= 4 is 11.3 Å². The van der Waals surface area contributed by atoms with Gasteiger partial charge in [-0.1, -0.05) is 25.1 Å². The Morgan fingerprint density at radius 3 is 3.05 bits per heavy atom. The highest BCUT2D eigenvalue weighted by Gasteiger charge is 2.12. The molecule has 1 aliphatic heterocycles. The highest BCUT2D eigenvalue weighted by atomic mass is 32.1. The number of hydrogen-bond acceptors (Lipinski definition) is 3. The summed E-state index contributed by atoms with van der Waals surface area (Å²) in [6, 6.07) is 8.95. The van der Waals surface area contributed by atoms with E-state index in [4.69, 9.17) is 0 Å². The molecule has 0 fully saturated rings. The van der Waals surface area contributed by atoms with Crippen LogP contribution in [-0.4, -0.2) is 6.54 Å². The average Bonchev–Trinajstić information content (AvgIpc) is 2.95. The molecule has 1 aromatic carbocycles. The van der Waals surface area contributed by atoms with Crippen molar-refractivity contribution < 1.29 is 0 Å². The Labute approximate surface area is 125 Å². The molecule has 2 N–H and O–H groups in total. The van der Waals surface area contributed by atoms with E-state index in [0.29, 0.717) is 0 Å². The SMILES string of the molecule is CCc1ccsc1CNCc1cccc2c1CCNC2. The maximum absolute atomic E-state index is 3.62. The Balaban J connectivity index is 1.64. The second-order valence-electron chi connectivity index (χ2n) is 5.31. The van der Waals surface area contributed by atoms with Crippen molar-refractivity contribution in [2.75, 3.05) is 6.54 Å². The van der Waals surface area contributed by atoms with Gasteiger partial charge in [-0.25, -0.2) is 0 Å². The van der Waals surface area contributed by atoms with E-state index in [-0.39, 0.29) is 0 Å². The first-order chi connectivity index (χ1) is 9.88.